The van der Waals surface area contributed by atoms with Crippen molar-refractivity contribution >= 4 is 27.4 Å². The lowest BCUT2D eigenvalue weighted by atomic mass is 10.1. The molecule has 0 aliphatic heterocycles. The van der Waals surface area contributed by atoms with Gasteiger partial charge >= 0.3 is 0 Å². The van der Waals surface area contributed by atoms with Crippen molar-refractivity contribution < 1.29 is 9.84 Å². The zero-order valence-corrected chi connectivity index (χ0v) is 19.7. The van der Waals surface area contributed by atoms with E-state index in [0.717, 1.165) is 42.1 Å². The van der Waals surface area contributed by atoms with Gasteiger partial charge in [0.05, 0.1) is 23.5 Å². The molecule has 0 fully saturated rings. The maximum absolute atomic E-state index is 10.3. The van der Waals surface area contributed by atoms with Crippen LogP contribution < -0.4 is 10.1 Å². The zero-order chi connectivity index (χ0) is 22.5. The first-order valence-electron chi connectivity index (χ1n) is 10.4. The number of fused-ring (bicyclic) bond motifs is 1. The number of hydrogen-bond donors (Lipinski definition) is 2. The van der Waals surface area contributed by atoms with E-state index in [1.54, 1.807) is 30.0 Å². The van der Waals surface area contributed by atoms with Crippen LogP contribution in [0.15, 0.2) is 65.3 Å². The monoisotopic (exact) mass is 495 g/mol. The quantitative estimate of drug-likeness (QED) is 0.324. The van der Waals surface area contributed by atoms with Gasteiger partial charge in [0.15, 0.2) is 5.65 Å². The van der Waals surface area contributed by atoms with Gasteiger partial charge in [-0.15, -0.1) is 0 Å². The van der Waals surface area contributed by atoms with Crippen LogP contribution >= 0.6 is 15.9 Å². The second-order valence-corrected chi connectivity index (χ2v) is 8.46. The summed E-state index contributed by atoms with van der Waals surface area (Å²) in [7, 11) is 3.81. The van der Waals surface area contributed by atoms with Crippen LogP contribution in [0.1, 0.15) is 12.0 Å². The topological polar surface area (TPSA) is 74.9 Å². The molecule has 0 spiro atoms. The molecule has 2 aromatic heterocycles. The lowest BCUT2D eigenvalue weighted by Gasteiger charge is -2.19. The number of nitrogens with one attached hydrogen (secondary N) is 1. The minimum atomic E-state index is 0.198. The van der Waals surface area contributed by atoms with Crippen LogP contribution in [0.3, 0.4) is 0 Å². The van der Waals surface area contributed by atoms with Crippen molar-refractivity contribution in [1.82, 2.24) is 19.5 Å². The van der Waals surface area contributed by atoms with Gasteiger partial charge in [0.25, 0.3) is 0 Å². The highest BCUT2D eigenvalue weighted by atomic mass is 79.9. The Morgan fingerprint density at radius 3 is 2.75 bits per heavy atom. The molecule has 0 saturated heterocycles. The van der Waals surface area contributed by atoms with Gasteiger partial charge in [-0.05, 0) is 54.1 Å². The Hall–Kier alpha value is -3.10. The molecule has 0 unspecified atom stereocenters. The Morgan fingerprint density at radius 1 is 1.16 bits per heavy atom. The Balaban J connectivity index is 1.43. The van der Waals surface area contributed by atoms with Crippen LogP contribution in [0.5, 0.6) is 11.5 Å². The highest BCUT2D eigenvalue weighted by Crippen LogP contribution is 2.31. The van der Waals surface area contributed by atoms with Crippen LogP contribution in [-0.2, 0) is 6.54 Å². The number of methoxy groups -OCH3 is 1. The number of phenols is 1. The highest BCUT2D eigenvalue weighted by molar-refractivity contribution is 9.10. The van der Waals surface area contributed by atoms with Crippen LogP contribution in [-0.4, -0.2) is 51.9 Å². The first-order valence-corrected chi connectivity index (χ1v) is 11.2. The number of anilines is 1. The molecule has 0 aliphatic carbocycles. The van der Waals surface area contributed by atoms with E-state index in [-0.39, 0.29) is 5.75 Å². The number of aromatic nitrogens is 3. The van der Waals surface area contributed by atoms with E-state index >= 15 is 0 Å². The summed E-state index contributed by atoms with van der Waals surface area (Å²) in [5.41, 5.74) is 3.24. The SMILES string of the molecule is COc1ccccc1CN(C)CCCNc1cc(-c2ccccc2O)nc2c(Br)cnn12. The molecule has 0 aliphatic rings. The maximum atomic E-state index is 10.3. The second-order valence-electron chi connectivity index (χ2n) is 7.60. The number of benzene rings is 2. The summed E-state index contributed by atoms with van der Waals surface area (Å²) >= 11 is 3.52. The predicted octanol–water partition coefficient (Wildman–Crippen LogP) is 4.81. The first-order chi connectivity index (χ1) is 15.6. The summed E-state index contributed by atoms with van der Waals surface area (Å²) in [4.78, 5) is 6.96. The molecule has 0 saturated carbocycles. The van der Waals surface area contributed by atoms with E-state index < -0.39 is 0 Å². The summed E-state index contributed by atoms with van der Waals surface area (Å²) in [6, 6.07) is 17.2. The molecule has 2 N–H and O–H groups in total. The van der Waals surface area contributed by atoms with Crippen LogP contribution in [0.2, 0.25) is 0 Å². The lowest BCUT2D eigenvalue weighted by Crippen LogP contribution is -2.22. The van der Waals surface area contributed by atoms with Crippen LogP contribution in [0.25, 0.3) is 16.9 Å². The summed E-state index contributed by atoms with van der Waals surface area (Å²) in [6.45, 7) is 2.52. The minimum absolute atomic E-state index is 0.198. The number of hydrogen-bond acceptors (Lipinski definition) is 6. The Bertz CT molecular complexity index is 1210. The standard InChI is InChI=1S/C24H26BrN5O2/c1-29(16-17-8-3-6-11-22(17)32-2)13-7-12-26-23-14-20(18-9-4-5-10-21(18)31)28-24-19(25)15-27-30(23)24/h3-6,8-11,14-15,26,31H,7,12-13,16H2,1-2H3. The maximum Gasteiger partial charge on any atom is 0.172 e. The molecule has 7 nitrogen and oxygen atoms in total. The third-order valence-electron chi connectivity index (χ3n) is 5.26. The van der Waals surface area contributed by atoms with Crippen molar-refractivity contribution in [2.45, 2.75) is 13.0 Å². The van der Waals surface area contributed by atoms with Gasteiger partial charge in [-0.2, -0.15) is 9.61 Å². The molecular weight excluding hydrogens is 470 g/mol. The van der Waals surface area contributed by atoms with Gasteiger partial charge in [-0.1, -0.05) is 30.3 Å². The molecule has 166 valence electrons. The van der Waals surface area contributed by atoms with Crippen molar-refractivity contribution in [2.24, 2.45) is 0 Å². The Kier molecular flexibility index (Phi) is 6.92. The molecule has 0 amide bonds. The summed E-state index contributed by atoms with van der Waals surface area (Å²) < 4.78 is 8.02. The number of para-hydroxylation sites is 2. The molecule has 2 aromatic carbocycles. The van der Waals surface area contributed by atoms with E-state index in [1.165, 1.54) is 5.56 Å². The highest BCUT2D eigenvalue weighted by Gasteiger charge is 2.13. The number of halogens is 1. The van der Waals surface area contributed by atoms with E-state index in [1.807, 2.05) is 36.4 Å². The van der Waals surface area contributed by atoms with Crippen LogP contribution in [0.4, 0.5) is 5.82 Å². The van der Waals surface area contributed by atoms with Crippen molar-refractivity contribution in [2.75, 3.05) is 32.6 Å². The summed E-state index contributed by atoms with van der Waals surface area (Å²) in [5, 5.41) is 18.2. The lowest BCUT2D eigenvalue weighted by molar-refractivity contribution is 0.316. The van der Waals surface area contributed by atoms with Crippen molar-refractivity contribution in [3.63, 3.8) is 0 Å². The number of ether oxygens (including phenoxy) is 1. The molecule has 0 atom stereocenters. The molecular formula is C24H26BrN5O2. The fourth-order valence-corrected chi connectivity index (χ4v) is 4.01. The normalized spacial score (nSPS) is 11.2. The Labute approximate surface area is 195 Å². The molecule has 32 heavy (non-hydrogen) atoms. The Morgan fingerprint density at radius 2 is 1.94 bits per heavy atom. The summed E-state index contributed by atoms with van der Waals surface area (Å²) in [6.07, 6.45) is 2.67. The summed E-state index contributed by atoms with van der Waals surface area (Å²) in [5.74, 6) is 1.94. The largest absolute Gasteiger partial charge is 0.507 e. The molecule has 2 heterocycles. The van der Waals surface area contributed by atoms with E-state index in [9.17, 15) is 5.11 Å². The number of phenolic OH excluding ortho intramolecular Hbond substituents is 1. The average molecular weight is 496 g/mol. The fourth-order valence-electron chi connectivity index (χ4n) is 3.66. The second kappa shape index (κ2) is 10.0. The molecule has 0 radical (unpaired) electrons. The average Bonchev–Trinajstić information content (AvgIpc) is 3.18. The van der Waals surface area contributed by atoms with Crippen molar-refractivity contribution in [3.05, 3.63) is 70.8 Å². The number of aromatic hydroxyl groups is 1. The molecule has 4 rings (SSSR count). The van der Waals surface area contributed by atoms with Gasteiger partial charge in [-0.3, -0.25) is 0 Å². The van der Waals surface area contributed by atoms with Gasteiger partial charge < -0.3 is 20.1 Å². The zero-order valence-electron chi connectivity index (χ0n) is 18.1. The van der Waals surface area contributed by atoms with Gasteiger partial charge in [0.1, 0.15) is 17.3 Å². The van der Waals surface area contributed by atoms with Crippen molar-refractivity contribution in [3.8, 4) is 22.8 Å². The van der Waals surface area contributed by atoms with E-state index in [0.29, 0.717) is 16.9 Å². The smallest absolute Gasteiger partial charge is 0.172 e. The molecule has 8 heteroatoms. The van der Waals surface area contributed by atoms with Gasteiger partial charge in [0, 0.05) is 30.3 Å². The van der Waals surface area contributed by atoms with Gasteiger partial charge in [0.2, 0.25) is 0 Å². The third-order valence-corrected chi connectivity index (χ3v) is 5.82. The minimum Gasteiger partial charge on any atom is -0.507 e. The predicted molar refractivity (Wildman–Crippen MR) is 130 cm³/mol. The fraction of sp³-hybridized carbons (Fsp3) is 0.250. The van der Waals surface area contributed by atoms with Gasteiger partial charge in [-0.25, -0.2) is 4.98 Å². The third kappa shape index (κ3) is 4.87. The molecule has 0 bridgehead atoms. The van der Waals surface area contributed by atoms with Crippen molar-refractivity contribution in [1.29, 1.82) is 0 Å². The molecule has 4 aromatic rings. The van der Waals surface area contributed by atoms with Crippen LogP contribution in [0, 0.1) is 0 Å². The first kappa shape index (κ1) is 22.1. The van der Waals surface area contributed by atoms with E-state index in [2.05, 4.69) is 49.3 Å². The number of rotatable bonds is 9. The number of nitrogens with zero attached hydrogens (tertiary/aromatic N) is 4. The van der Waals surface area contributed by atoms with E-state index in [4.69, 9.17) is 4.74 Å².